The van der Waals surface area contributed by atoms with E-state index in [9.17, 15) is 5.11 Å². The maximum atomic E-state index is 9.85. The van der Waals surface area contributed by atoms with E-state index in [1.54, 1.807) is 6.07 Å². The second-order valence-electron chi connectivity index (χ2n) is 6.24. The lowest BCUT2D eigenvalue weighted by molar-refractivity contribution is 0.479. The van der Waals surface area contributed by atoms with E-state index in [1.807, 2.05) is 12.1 Å². The number of nitrogens with two attached hydrogens (primary N) is 1. The first-order chi connectivity index (χ1) is 11.7. The second-order valence-corrected chi connectivity index (χ2v) is 6.24. The summed E-state index contributed by atoms with van der Waals surface area (Å²) in [5, 5.41) is 19.3. The number of hydrogen-bond acceptors (Lipinski definition) is 2. The molecule has 0 aromatic heterocycles. The van der Waals surface area contributed by atoms with E-state index in [-0.39, 0.29) is 5.75 Å². The molecule has 24 heavy (non-hydrogen) atoms. The van der Waals surface area contributed by atoms with E-state index in [0.29, 0.717) is 5.69 Å². The summed E-state index contributed by atoms with van der Waals surface area (Å²) >= 11 is 0. The average Bonchev–Trinajstić information content (AvgIpc) is 2.62. The van der Waals surface area contributed by atoms with Gasteiger partial charge in [-0.25, -0.2) is 0 Å². The molecule has 5 aromatic rings. The Balaban J connectivity index is 1.99. The van der Waals surface area contributed by atoms with Crippen molar-refractivity contribution < 1.29 is 5.11 Å². The third-order valence-corrected chi connectivity index (χ3v) is 4.89. The van der Waals surface area contributed by atoms with Gasteiger partial charge in [0.25, 0.3) is 0 Å². The van der Waals surface area contributed by atoms with E-state index in [1.165, 1.54) is 26.9 Å². The molecule has 0 heterocycles. The highest BCUT2D eigenvalue weighted by Crippen LogP contribution is 2.36. The zero-order chi connectivity index (χ0) is 16.3. The molecule has 0 aliphatic rings. The summed E-state index contributed by atoms with van der Waals surface area (Å²) in [6, 6.07) is 24.9. The highest BCUT2D eigenvalue weighted by atomic mass is 16.3. The van der Waals surface area contributed by atoms with Crippen molar-refractivity contribution in [3.63, 3.8) is 0 Å². The lowest BCUT2D eigenvalue weighted by Crippen LogP contribution is -1.87. The van der Waals surface area contributed by atoms with Gasteiger partial charge in [0.1, 0.15) is 5.75 Å². The third kappa shape index (κ3) is 1.71. The van der Waals surface area contributed by atoms with Gasteiger partial charge in [-0.05, 0) is 55.2 Å². The van der Waals surface area contributed by atoms with Crippen LogP contribution in [0.1, 0.15) is 0 Å². The van der Waals surface area contributed by atoms with Crippen LogP contribution in [0.2, 0.25) is 0 Å². The molecule has 5 rings (SSSR count). The summed E-state index contributed by atoms with van der Waals surface area (Å²) in [4.78, 5) is 0. The van der Waals surface area contributed by atoms with Crippen LogP contribution >= 0.6 is 0 Å². The van der Waals surface area contributed by atoms with Crippen LogP contribution < -0.4 is 5.73 Å². The van der Waals surface area contributed by atoms with E-state index in [2.05, 4.69) is 54.6 Å². The summed E-state index contributed by atoms with van der Waals surface area (Å²) < 4.78 is 0. The highest BCUT2D eigenvalue weighted by molar-refractivity contribution is 6.22. The zero-order valence-electron chi connectivity index (χ0n) is 13.0. The quantitative estimate of drug-likeness (QED) is 0.222. The number of phenols is 1. The van der Waals surface area contributed by atoms with Crippen LogP contribution in [-0.2, 0) is 0 Å². The maximum Gasteiger partial charge on any atom is 0.139 e. The van der Waals surface area contributed by atoms with Gasteiger partial charge < -0.3 is 10.8 Å². The van der Waals surface area contributed by atoms with Crippen molar-refractivity contribution in [2.45, 2.75) is 0 Å². The molecule has 0 radical (unpaired) electrons. The minimum Gasteiger partial charge on any atom is -0.506 e. The Kier molecular flexibility index (Phi) is 2.54. The normalized spacial score (nSPS) is 11.7. The summed E-state index contributed by atoms with van der Waals surface area (Å²) in [5.74, 6) is 0.133. The fraction of sp³-hybridized carbons (Fsp3) is 0. The molecule has 0 atom stereocenters. The van der Waals surface area contributed by atoms with Crippen molar-refractivity contribution in [1.29, 1.82) is 0 Å². The first kappa shape index (κ1) is 13.2. The largest absolute Gasteiger partial charge is 0.506 e. The fourth-order valence-electron chi connectivity index (χ4n) is 3.69. The van der Waals surface area contributed by atoms with Gasteiger partial charge in [-0.3, -0.25) is 0 Å². The molecule has 0 saturated heterocycles. The van der Waals surface area contributed by atoms with E-state index in [0.717, 1.165) is 16.2 Å². The van der Waals surface area contributed by atoms with Crippen LogP contribution in [0.15, 0.2) is 72.8 Å². The van der Waals surface area contributed by atoms with Crippen molar-refractivity contribution in [2.24, 2.45) is 0 Å². The fourth-order valence-corrected chi connectivity index (χ4v) is 3.69. The Morgan fingerprint density at radius 3 is 1.92 bits per heavy atom. The number of aromatic hydroxyl groups is 1. The third-order valence-electron chi connectivity index (χ3n) is 4.89. The van der Waals surface area contributed by atoms with Crippen molar-refractivity contribution in [2.75, 3.05) is 5.73 Å². The Morgan fingerprint density at radius 1 is 0.542 bits per heavy atom. The second kappa shape index (κ2) is 4.62. The zero-order valence-corrected chi connectivity index (χ0v) is 13.0. The van der Waals surface area contributed by atoms with Crippen LogP contribution in [0.5, 0.6) is 5.75 Å². The topological polar surface area (TPSA) is 46.2 Å². The predicted octanol–water partition coefficient (Wildman–Crippen LogP) is 5.59. The molecular formula is C22H15NO. The molecule has 0 aliphatic heterocycles. The first-order valence-corrected chi connectivity index (χ1v) is 7.98. The highest BCUT2D eigenvalue weighted by Gasteiger charge is 2.08. The monoisotopic (exact) mass is 309 g/mol. The average molecular weight is 309 g/mol. The summed E-state index contributed by atoms with van der Waals surface area (Å²) in [5.41, 5.74) is 6.32. The molecule has 2 nitrogen and oxygen atoms in total. The van der Waals surface area contributed by atoms with Gasteiger partial charge in [0, 0.05) is 0 Å². The van der Waals surface area contributed by atoms with Gasteiger partial charge >= 0.3 is 0 Å². The molecular weight excluding hydrogens is 294 g/mol. The Morgan fingerprint density at radius 2 is 1.12 bits per heavy atom. The van der Waals surface area contributed by atoms with Crippen molar-refractivity contribution in [1.82, 2.24) is 0 Å². The van der Waals surface area contributed by atoms with Crippen molar-refractivity contribution in [3.05, 3.63) is 72.8 Å². The first-order valence-electron chi connectivity index (χ1n) is 7.98. The Hall–Kier alpha value is -3.26. The molecule has 0 saturated carbocycles. The van der Waals surface area contributed by atoms with Gasteiger partial charge in [0.05, 0.1) is 5.69 Å². The van der Waals surface area contributed by atoms with Crippen molar-refractivity contribution >= 4 is 48.8 Å². The number of phenolic OH excluding ortho intramolecular Hbond substituents is 1. The van der Waals surface area contributed by atoms with Crippen LogP contribution in [0.25, 0.3) is 43.1 Å². The molecule has 0 spiro atoms. The number of benzene rings is 5. The van der Waals surface area contributed by atoms with E-state index < -0.39 is 0 Å². The number of anilines is 1. The predicted molar refractivity (Wildman–Crippen MR) is 103 cm³/mol. The molecule has 5 aromatic carbocycles. The van der Waals surface area contributed by atoms with Gasteiger partial charge in [-0.2, -0.15) is 0 Å². The van der Waals surface area contributed by atoms with Crippen molar-refractivity contribution in [3.8, 4) is 5.75 Å². The Bertz CT molecular complexity index is 1270. The van der Waals surface area contributed by atoms with Gasteiger partial charge in [0.2, 0.25) is 0 Å². The van der Waals surface area contributed by atoms with Gasteiger partial charge in [-0.15, -0.1) is 0 Å². The maximum absolute atomic E-state index is 9.85. The number of hydrogen-bond donors (Lipinski definition) is 2. The number of nitrogen functional groups attached to an aromatic ring is 1. The molecule has 0 aliphatic carbocycles. The van der Waals surface area contributed by atoms with Crippen LogP contribution in [0.4, 0.5) is 5.69 Å². The molecule has 0 unspecified atom stereocenters. The summed E-state index contributed by atoms with van der Waals surface area (Å²) in [6.45, 7) is 0. The van der Waals surface area contributed by atoms with Crippen LogP contribution in [-0.4, -0.2) is 5.11 Å². The van der Waals surface area contributed by atoms with E-state index >= 15 is 0 Å². The Labute approximate surface area is 138 Å². The van der Waals surface area contributed by atoms with Crippen LogP contribution in [0.3, 0.4) is 0 Å². The van der Waals surface area contributed by atoms with Gasteiger partial charge in [-0.1, -0.05) is 60.7 Å². The molecule has 0 amide bonds. The molecule has 3 N–H and O–H groups in total. The minimum atomic E-state index is 0.133. The SMILES string of the molecule is Nc1cc2c(ccc3c2ccc2c4ccccc4ccc23)cc1O. The summed E-state index contributed by atoms with van der Waals surface area (Å²) in [7, 11) is 0. The standard InChI is InChI=1S/C22H15NO/c23-21-12-20-14(11-22(21)24)6-8-18-17-7-5-13-3-1-2-4-15(13)16(17)9-10-19(18)20/h1-12,24H,23H2. The number of fused-ring (bicyclic) bond motifs is 7. The lowest BCUT2D eigenvalue weighted by atomic mass is 9.94. The van der Waals surface area contributed by atoms with E-state index in [4.69, 9.17) is 5.73 Å². The molecule has 0 bridgehead atoms. The summed E-state index contributed by atoms with van der Waals surface area (Å²) in [6.07, 6.45) is 0. The molecule has 114 valence electrons. The van der Waals surface area contributed by atoms with Crippen LogP contribution in [0, 0.1) is 0 Å². The number of rotatable bonds is 0. The smallest absolute Gasteiger partial charge is 0.139 e. The lowest BCUT2D eigenvalue weighted by Gasteiger charge is -2.11. The molecule has 0 fully saturated rings. The van der Waals surface area contributed by atoms with Gasteiger partial charge in [0.15, 0.2) is 0 Å². The minimum absolute atomic E-state index is 0.133. The molecule has 2 heteroatoms.